The fourth-order valence-electron chi connectivity index (χ4n) is 3.89. The fraction of sp³-hybridized carbons (Fsp3) is 0.240. The van der Waals surface area contributed by atoms with E-state index in [-0.39, 0.29) is 36.0 Å². The number of hydrogen-bond donors (Lipinski definition) is 3. The number of aromatic nitrogens is 5. The van der Waals surface area contributed by atoms with Crippen LogP contribution < -0.4 is 20.7 Å². The number of pyridine rings is 2. The predicted molar refractivity (Wildman–Crippen MR) is 135 cm³/mol. The molecule has 1 amide bonds. The average molecular weight is 508 g/mol. The second kappa shape index (κ2) is 10.2. The highest BCUT2D eigenvalue weighted by Crippen LogP contribution is 2.39. The first-order chi connectivity index (χ1) is 19.1. The Morgan fingerprint density at radius 3 is 2.89 bits per heavy atom. The molecule has 0 radical (unpaired) electrons. The topological polar surface area (TPSA) is 128 Å². The number of rotatable bonds is 4. The number of methoxy groups -OCH3 is 1. The first kappa shape index (κ1) is 20.6. The molecule has 4 aromatic rings. The molecule has 3 aromatic heterocycles. The van der Waals surface area contributed by atoms with Gasteiger partial charge >= 0.3 is 0 Å². The number of ether oxygens (including phenoxy) is 2. The third kappa shape index (κ3) is 4.91. The maximum atomic E-state index is 14.5. The maximum absolute atomic E-state index is 14.5. The highest BCUT2D eigenvalue weighted by atomic mass is 19.1. The lowest BCUT2D eigenvalue weighted by atomic mass is 10.1. The Labute approximate surface area is 216 Å². The number of hydrogen-bond acceptors (Lipinski definition) is 9. The van der Waals surface area contributed by atoms with E-state index in [0.29, 0.717) is 40.8 Å². The van der Waals surface area contributed by atoms with Crippen LogP contribution in [-0.2, 0) is 24.5 Å². The number of halogens is 1. The summed E-state index contributed by atoms with van der Waals surface area (Å²) in [6, 6.07) is 7.75. The predicted octanol–water partition coefficient (Wildman–Crippen LogP) is 3.78. The van der Waals surface area contributed by atoms with Gasteiger partial charge in [0.25, 0.3) is 5.91 Å². The van der Waals surface area contributed by atoms with Gasteiger partial charge < -0.3 is 25.4 Å². The summed E-state index contributed by atoms with van der Waals surface area (Å²) in [6.45, 7) is -0.202. The Morgan fingerprint density at radius 1 is 1.22 bits per heavy atom. The van der Waals surface area contributed by atoms with Crippen molar-refractivity contribution in [1.82, 2.24) is 30.0 Å². The van der Waals surface area contributed by atoms with Crippen molar-refractivity contribution in [2.24, 2.45) is 0 Å². The summed E-state index contributed by atoms with van der Waals surface area (Å²) in [5.74, 6) is -0.0819. The van der Waals surface area contributed by atoms with Gasteiger partial charge in [0.2, 0.25) is 0 Å². The van der Waals surface area contributed by atoms with Crippen LogP contribution in [0.25, 0.3) is 11.4 Å². The summed E-state index contributed by atoms with van der Waals surface area (Å²) < 4.78 is 50.1. The molecule has 4 heterocycles. The van der Waals surface area contributed by atoms with Crippen molar-refractivity contribution in [2.45, 2.75) is 26.7 Å². The number of amides is 1. The first-order valence-corrected chi connectivity index (χ1v) is 11.3. The van der Waals surface area contributed by atoms with Crippen LogP contribution in [-0.4, -0.2) is 44.7 Å². The van der Waals surface area contributed by atoms with Gasteiger partial charge in [-0.05, 0) is 36.8 Å². The molecule has 1 aliphatic rings. The van der Waals surface area contributed by atoms with Crippen LogP contribution in [0.1, 0.15) is 32.7 Å². The second-order valence-electron chi connectivity index (χ2n) is 8.09. The van der Waals surface area contributed by atoms with Gasteiger partial charge in [-0.3, -0.25) is 9.48 Å². The van der Waals surface area contributed by atoms with Crippen molar-refractivity contribution in [3.8, 4) is 17.1 Å². The summed E-state index contributed by atoms with van der Waals surface area (Å²) in [5.41, 5.74) is 1.89. The SMILES string of the molecule is [2H]C([2H])([2H])NC(=O)c1cnc2cc1Nc1cc(cc(-c3ncn(CC)n3)c1OC)COCc1nc(ccc1F)N2. The van der Waals surface area contributed by atoms with Crippen LogP contribution in [0.3, 0.4) is 0 Å². The van der Waals surface area contributed by atoms with Crippen molar-refractivity contribution >= 4 is 28.9 Å². The van der Waals surface area contributed by atoms with E-state index in [2.05, 4.69) is 30.7 Å². The van der Waals surface area contributed by atoms with E-state index in [1.807, 2.05) is 12.2 Å². The van der Waals surface area contributed by atoms with Crippen molar-refractivity contribution in [3.05, 3.63) is 65.5 Å². The van der Waals surface area contributed by atoms with Crippen LogP contribution in [0.4, 0.5) is 27.4 Å². The quantitative estimate of drug-likeness (QED) is 0.378. The van der Waals surface area contributed by atoms with Crippen LogP contribution >= 0.6 is 0 Å². The Balaban J connectivity index is 1.68. The smallest absolute Gasteiger partial charge is 0.254 e. The molecule has 1 aliphatic heterocycles. The molecular formula is C25H25FN8O3. The van der Waals surface area contributed by atoms with E-state index in [1.165, 1.54) is 31.5 Å². The molecule has 0 unspecified atom stereocenters. The van der Waals surface area contributed by atoms with E-state index in [0.717, 1.165) is 0 Å². The van der Waals surface area contributed by atoms with Crippen LogP contribution in [0, 0.1) is 5.82 Å². The molecule has 0 aliphatic carbocycles. The molecule has 11 nitrogen and oxygen atoms in total. The van der Waals surface area contributed by atoms with E-state index >= 15 is 0 Å². The maximum Gasteiger partial charge on any atom is 0.254 e. The zero-order valence-corrected chi connectivity index (χ0v) is 20.0. The van der Waals surface area contributed by atoms with E-state index < -0.39 is 18.7 Å². The summed E-state index contributed by atoms with van der Waals surface area (Å²) in [7, 11) is 1.48. The molecule has 3 N–H and O–H groups in total. The van der Waals surface area contributed by atoms with Crippen LogP contribution in [0.2, 0.25) is 0 Å². The van der Waals surface area contributed by atoms with Crippen LogP contribution in [0.15, 0.2) is 42.9 Å². The lowest BCUT2D eigenvalue weighted by Gasteiger charge is -2.19. The lowest BCUT2D eigenvalue weighted by molar-refractivity contribution is 0.0963. The van der Waals surface area contributed by atoms with E-state index in [1.54, 1.807) is 23.1 Å². The molecule has 1 aromatic carbocycles. The fourth-order valence-corrected chi connectivity index (χ4v) is 3.89. The summed E-state index contributed by atoms with van der Waals surface area (Å²) in [5, 5.41) is 12.6. The zero-order chi connectivity index (χ0) is 28.4. The monoisotopic (exact) mass is 507 g/mol. The molecule has 6 bridgehead atoms. The molecule has 12 heteroatoms. The molecule has 0 atom stereocenters. The minimum absolute atomic E-state index is 0.0415. The van der Waals surface area contributed by atoms with Gasteiger partial charge in [0.1, 0.15) is 29.5 Å². The summed E-state index contributed by atoms with van der Waals surface area (Å²) in [6.07, 6.45) is 2.82. The molecule has 0 fully saturated rings. The number of nitrogens with zero attached hydrogens (tertiary/aromatic N) is 5. The van der Waals surface area contributed by atoms with Gasteiger partial charge in [-0.1, -0.05) is 0 Å². The van der Waals surface area contributed by atoms with Crippen molar-refractivity contribution in [1.29, 1.82) is 0 Å². The molecule has 5 rings (SSSR count). The van der Waals surface area contributed by atoms with Crippen molar-refractivity contribution in [2.75, 3.05) is 24.7 Å². The minimum atomic E-state index is -2.72. The van der Waals surface area contributed by atoms with Gasteiger partial charge in [0, 0.05) is 29.9 Å². The third-order valence-corrected chi connectivity index (χ3v) is 5.67. The number of nitrogens with one attached hydrogen (secondary N) is 3. The van der Waals surface area contributed by atoms with Crippen molar-refractivity contribution < 1.29 is 22.8 Å². The van der Waals surface area contributed by atoms with Gasteiger partial charge in [0.15, 0.2) is 11.6 Å². The van der Waals surface area contributed by atoms with Gasteiger partial charge in [0.05, 0.1) is 42.8 Å². The first-order valence-electron chi connectivity index (χ1n) is 12.8. The molecule has 0 saturated heterocycles. The van der Waals surface area contributed by atoms with Crippen LogP contribution in [0.5, 0.6) is 5.75 Å². The molecule has 0 spiro atoms. The third-order valence-electron chi connectivity index (χ3n) is 5.67. The molecule has 37 heavy (non-hydrogen) atoms. The zero-order valence-electron chi connectivity index (χ0n) is 23.0. The Morgan fingerprint density at radius 2 is 2.11 bits per heavy atom. The molecular weight excluding hydrogens is 479 g/mol. The van der Waals surface area contributed by atoms with E-state index in [4.69, 9.17) is 13.6 Å². The van der Waals surface area contributed by atoms with Gasteiger partial charge in [-0.25, -0.2) is 19.3 Å². The number of benzene rings is 1. The summed E-state index contributed by atoms with van der Waals surface area (Å²) >= 11 is 0. The summed E-state index contributed by atoms with van der Waals surface area (Å²) in [4.78, 5) is 25.9. The number of carbonyl (C=O) groups excluding carboxylic acids is 1. The van der Waals surface area contributed by atoms with Gasteiger partial charge in [-0.15, -0.1) is 0 Å². The van der Waals surface area contributed by atoms with Gasteiger partial charge in [-0.2, -0.15) is 5.10 Å². The second-order valence-corrected chi connectivity index (χ2v) is 8.09. The number of aryl methyl sites for hydroxylation is 1. The number of fused-ring (bicyclic) bond motifs is 6. The molecule has 190 valence electrons. The Kier molecular flexibility index (Phi) is 5.67. The Hall–Kier alpha value is -4.58. The lowest BCUT2D eigenvalue weighted by Crippen LogP contribution is -2.20. The number of carbonyl (C=O) groups is 1. The Bertz CT molecular complexity index is 1580. The standard InChI is InChI=1S/C25H25FN8O3/c1-4-34-13-29-24(33-34)15-7-14-8-19(23(15)36-3)30-18-9-22(28-10-16(18)25(35)27-2)32-21-6-5-17(26)20(31-21)12-37-11-14/h5-10,13,30H,4,11-12H2,1-3H3,(H,27,35)(H,28,31,32)/i2D3. The molecule has 0 saturated carbocycles. The minimum Gasteiger partial charge on any atom is -0.494 e. The normalized spacial score (nSPS) is 14.2. The average Bonchev–Trinajstić information content (AvgIpc) is 3.38. The number of anilines is 4. The van der Waals surface area contributed by atoms with Crippen molar-refractivity contribution in [3.63, 3.8) is 0 Å². The highest BCUT2D eigenvalue weighted by Gasteiger charge is 2.20. The largest absolute Gasteiger partial charge is 0.494 e. The van der Waals surface area contributed by atoms with E-state index in [9.17, 15) is 9.18 Å². The highest BCUT2D eigenvalue weighted by molar-refractivity contribution is 6.00.